The molecule has 190 valence electrons. The summed E-state index contributed by atoms with van der Waals surface area (Å²) in [4.78, 5) is 31.9. The van der Waals surface area contributed by atoms with Crippen LogP contribution in [0.4, 0.5) is 23.0 Å². The van der Waals surface area contributed by atoms with Gasteiger partial charge in [-0.15, -0.1) is 0 Å². The van der Waals surface area contributed by atoms with E-state index in [2.05, 4.69) is 47.1 Å². The van der Waals surface area contributed by atoms with Crippen LogP contribution in [0.1, 0.15) is 12.5 Å². The molecule has 0 aliphatic carbocycles. The van der Waals surface area contributed by atoms with Crippen LogP contribution in [0.25, 0.3) is 10.9 Å². The molecule has 0 saturated carbocycles. The smallest absolute Gasteiger partial charge is 0.293 e. The standard InChI is InChI=1S/C27H30N8O2/c1-2-28-24-17-23-22(16-25(24)35(36)37)27(31-19-30-23)34(18-21-8-4-3-5-9-21)20-32-12-14-33(15-13-32)26-10-6-7-11-29-26/h3-11,16-17,19,28H,2,12-15,18,20H2,1H3. The lowest BCUT2D eigenvalue weighted by molar-refractivity contribution is -0.383. The summed E-state index contributed by atoms with van der Waals surface area (Å²) in [6.45, 7) is 7.24. The second kappa shape index (κ2) is 11.2. The molecule has 37 heavy (non-hydrogen) atoms. The Morgan fingerprint density at radius 3 is 2.49 bits per heavy atom. The van der Waals surface area contributed by atoms with Crippen LogP contribution in [0, 0.1) is 10.1 Å². The highest BCUT2D eigenvalue weighted by atomic mass is 16.6. The van der Waals surface area contributed by atoms with Gasteiger partial charge in [0.25, 0.3) is 5.69 Å². The van der Waals surface area contributed by atoms with Gasteiger partial charge >= 0.3 is 0 Å². The van der Waals surface area contributed by atoms with Crippen molar-refractivity contribution in [2.75, 3.05) is 54.5 Å². The number of anilines is 3. The Hall–Kier alpha value is -4.31. The molecule has 0 amide bonds. The molecule has 4 aromatic rings. The molecule has 10 heteroatoms. The fraction of sp³-hybridized carbons (Fsp3) is 0.296. The van der Waals surface area contributed by atoms with Crippen molar-refractivity contribution in [2.24, 2.45) is 0 Å². The second-order valence-corrected chi connectivity index (χ2v) is 8.99. The lowest BCUT2D eigenvalue weighted by Crippen LogP contribution is -2.50. The maximum Gasteiger partial charge on any atom is 0.293 e. The monoisotopic (exact) mass is 498 g/mol. The molecule has 1 saturated heterocycles. The minimum atomic E-state index is -0.355. The van der Waals surface area contributed by atoms with Crippen molar-refractivity contribution in [3.63, 3.8) is 0 Å². The number of fused-ring (bicyclic) bond motifs is 1. The number of nitro groups is 1. The van der Waals surface area contributed by atoms with Gasteiger partial charge in [0, 0.05) is 56.9 Å². The van der Waals surface area contributed by atoms with Gasteiger partial charge in [0.05, 0.1) is 17.1 Å². The highest BCUT2D eigenvalue weighted by Gasteiger charge is 2.24. The predicted molar refractivity (Wildman–Crippen MR) is 146 cm³/mol. The molecule has 1 aliphatic heterocycles. The van der Waals surface area contributed by atoms with E-state index in [1.54, 1.807) is 12.1 Å². The molecule has 0 unspecified atom stereocenters. The van der Waals surface area contributed by atoms with Crippen molar-refractivity contribution >= 4 is 33.9 Å². The lowest BCUT2D eigenvalue weighted by atomic mass is 10.1. The van der Waals surface area contributed by atoms with Crippen molar-refractivity contribution in [1.29, 1.82) is 0 Å². The van der Waals surface area contributed by atoms with E-state index in [9.17, 15) is 10.1 Å². The first-order valence-electron chi connectivity index (χ1n) is 12.5. The molecular weight excluding hydrogens is 468 g/mol. The van der Waals surface area contributed by atoms with Crippen molar-refractivity contribution in [3.05, 3.63) is 88.9 Å². The third-order valence-electron chi connectivity index (χ3n) is 6.53. The number of nitro benzene ring substituents is 1. The molecule has 10 nitrogen and oxygen atoms in total. The number of hydrogen-bond acceptors (Lipinski definition) is 9. The normalized spacial score (nSPS) is 14.0. The Morgan fingerprint density at radius 2 is 1.78 bits per heavy atom. The molecule has 1 N–H and O–H groups in total. The topological polar surface area (TPSA) is 104 Å². The number of nitrogens with zero attached hydrogens (tertiary/aromatic N) is 7. The number of rotatable bonds is 9. The zero-order valence-corrected chi connectivity index (χ0v) is 20.8. The van der Waals surface area contributed by atoms with Crippen LogP contribution >= 0.6 is 0 Å². The molecule has 0 bridgehead atoms. The van der Waals surface area contributed by atoms with Gasteiger partial charge in [-0.2, -0.15) is 0 Å². The molecular formula is C27H30N8O2. The minimum absolute atomic E-state index is 0.0223. The summed E-state index contributed by atoms with van der Waals surface area (Å²) in [5.74, 6) is 1.68. The average molecular weight is 499 g/mol. The van der Waals surface area contributed by atoms with Gasteiger partial charge in [-0.25, -0.2) is 15.0 Å². The van der Waals surface area contributed by atoms with E-state index in [-0.39, 0.29) is 10.6 Å². The Bertz CT molecular complexity index is 1340. The first-order chi connectivity index (χ1) is 18.1. The number of nitrogens with one attached hydrogen (secondary N) is 1. The van der Waals surface area contributed by atoms with E-state index >= 15 is 0 Å². The summed E-state index contributed by atoms with van der Waals surface area (Å²) >= 11 is 0. The molecule has 2 aromatic carbocycles. The van der Waals surface area contributed by atoms with E-state index < -0.39 is 0 Å². The Balaban J connectivity index is 1.45. The summed E-state index contributed by atoms with van der Waals surface area (Å²) in [6.07, 6.45) is 3.36. The van der Waals surface area contributed by atoms with Gasteiger partial charge < -0.3 is 15.1 Å². The highest BCUT2D eigenvalue weighted by Crippen LogP contribution is 2.34. The van der Waals surface area contributed by atoms with Gasteiger partial charge in [0.2, 0.25) is 0 Å². The maximum absolute atomic E-state index is 11.9. The van der Waals surface area contributed by atoms with Gasteiger partial charge in [0.1, 0.15) is 23.7 Å². The maximum atomic E-state index is 11.9. The van der Waals surface area contributed by atoms with Gasteiger partial charge in [0.15, 0.2) is 0 Å². The van der Waals surface area contributed by atoms with E-state index in [0.29, 0.717) is 42.2 Å². The third kappa shape index (κ3) is 5.59. The van der Waals surface area contributed by atoms with Gasteiger partial charge in [-0.05, 0) is 30.7 Å². The first-order valence-corrected chi connectivity index (χ1v) is 12.5. The van der Waals surface area contributed by atoms with Gasteiger partial charge in [-0.1, -0.05) is 36.4 Å². The molecule has 0 atom stereocenters. The van der Waals surface area contributed by atoms with Crippen molar-refractivity contribution < 1.29 is 4.92 Å². The van der Waals surface area contributed by atoms with E-state index in [1.165, 1.54) is 6.33 Å². The van der Waals surface area contributed by atoms with Crippen LogP contribution in [0.2, 0.25) is 0 Å². The number of pyridine rings is 1. The van der Waals surface area contributed by atoms with Crippen LogP contribution in [0.5, 0.6) is 0 Å². The summed E-state index contributed by atoms with van der Waals surface area (Å²) in [5.41, 5.74) is 2.30. The fourth-order valence-corrected chi connectivity index (χ4v) is 4.71. The number of piperazine rings is 1. The summed E-state index contributed by atoms with van der Waals surface area (Å²) < 4.78 is 0. The Labute approximate surface area is 215 Å². The van der Waals surface area contributed by atoms with Crippen molar-refractivity contribution in [2.45, 2.75) is 13.5 Å². The molecule has 0 spiro atoms. The van der Waals surface area contributed by atoms with E-state index in [0.717, 1.165) is 37.6 Å². The Morgan fingerprint density at radius 1 is 1.00 bits per heavy atom. The van der Waals surface area contributed by atoms with Crippen LogP contribution in [0.15, 0.2) is 73.2 Å². The first kappa shape index (κ1) is 24.4. The SMILES string of the molecule is CCNc1cc2ncnc(N(Cc3ccccc3)CN3CCN(c4ccccn4)CC3)c2cc1[N+](=O)[O-]. The van der Waals surface area contributed by atoms with Crippen molar-refractivity contribution in [1.82, 2.24) is 19.9 Å². The molecule has 2 aromatic heterocycles. The minimum Gasteiger partial charge on any atom is -0.380 e. The Kier molecular flexibility index (Phi) is 7.36. The molecule has 3 heterocycles. The second-order valence-electron chi connectivity index (χ2n) is 8.99. The number of hydrogen-bond donors (Lipinski definition) is 1. The summed E-state index contributed by atoms with van der Waals surface area (Å²) in [7, 11) is 0. The number of benzene rings is 2. The largest absolute Gasteiger partial charge is 0.380 e. The molecule has 0 radical (unpaired) electrons. The van der Waals surface area contributed by atoms with Crippen LogP contribution in [-0.4, -0.2) is 64.2 Å². The zero-order chi connectivity index (χ0) is 25.6. The average Bonchev–Trinajstić information content (AvgIpc) is 2.93. The van der Waals surface area contributed by atoms with E-state index in [1.807, 2.05) is 49.5 Å². The molecule has 5 rings (SSSR count). The summed E-state index contributed by atoms with van der Waals surface area (Å²) in [6, 6.07) is 19.5. The number of aromatic nitrogens is 3. The lowest BCUT2D eigenvalue weighted by Gasteiger charge is -2.38. The zero-order valence-electron chi connectivity index (χ0n) is 20.8. The van der Waals surface area contributed by atoms with Crippen LogP contribution < -0.4 is 15.1 Å². The van der Waals surface area contributed by atoms with E-state index in [4.69, 9.17) is 0 Å². The van der Waals surface area contributed by atoms with Crippen LogP contribution in [0.3, 0.4) is 0 Å². The predicted octanol–water partition coefficient (Wildman–Crippen LogP) is 4.15. The summed E-state index contributed by atoms with van der Waals surface area (Å²) in [5, 5.41) is 15.6. The molecule has 1 fully saturated rings. The van der Waals surface area contributed by atoms with Crippen LogP contribution in [-0.2, 0) is 6.54 Å². The fourth-order valence-electron chi connectivity index (χ4n) is 4.71. The quantitative estimate of drug-likeness (QED) is 0.269. The van der Waals surface area contributed by atoms with Gasteiger partial charge in [-0.3, -0.25) is 15.0 Å². The molecule has 1 aliphatic rings. The highest BCUT2D eigenvalue weighted by molar-refractivity contribution is 5.94. The third-order valence-corrected chi connectivity index (χ3v) is 6.53. The van der Waals surface area contributed by atoms with Crippen molar-refractivity contribution in [3.8, 4) is 0 Å².